The van der Waals surface area contributed by atoms with Crippen LogP contribution >= 0.6 is 11.6 Å². The molecule has 4 nitrogen and oxygen atoms in total. The van der Waals surface area contributed by atoms with Crippen LogP contribution in [0.15, 0.2) is 30.5 Å². The van der Waals surface area contributed by atoms with Gasteiger partial charge in [-0.15, -0.1) is 0 Å². The van der Waals surface area contributed by atoms with Gasteiger partial charge in [0.2, 0.25) is 0 Å². The molecule has 0 saturated heterocycles. The molecule has 0 unspecified atom stereocenters. The first-order valence-electron chi connectivity index (χ1n) is 7.38. The Morgan fingerprint density at radius 2 is 1.95 bits per heavy atom. The topological polar surface area (TPSA) is 38.1 Å². The lowest BCUT2D eigenvalue weighted by molar-refractivity contribution is 0.0700. The molecule has 0 radical (unpaired) electrons. The quantitative estimate of drug-likeness (QED) is 0.852. The molecule has 0 spiro atoms. The molecule has 2 heterocycles. The van der Waals surface area contributed by atoms with Crippen molar-refractivity contribution in [2.24, 2.45) is 0 Å². The van der Waals surface area contributed by atoms with Crippen molar-refractivity contribution in [2.45, 2.75) is 38.3 Å². The summed E-state index contributed by atoms with van der Waals surface area (Å²) in [5, 5.41) is 5.10. The fourth-order valence-electron chi connectivity index (χ4n) is 3.37. The van der Waals surface area contributed by atoms with Crippen LogP contribution in [0.4, 0.5) is 0 Å². The Bertz CT molecular complexity index is 703. The maximum Gasteiger partial charge on any atom is 0.275 e. The number of carbonyl (C=O) groups is 1. The summed E-state index contributed by atoms with van der Waals surface area (Å²) in [6.07, 6.45) is 6.64. The molecule has 1 aliphatic heterocycles. The molecule has 1 saturated carbocycles. The molecule has 4 rings (SSSR count). The average molecular weight is 302 g/mol. The Labute approximate surface area is 128 Å². The van der Waals surface area contributed by atoms with Crippen molar-refractivity contribution < 1.29 is 4.79 Å². The summed E-state index contributed by atoms with van der Waals surface area (Å²) in [6.45, 7) is 0.684. The van der Waals surface area contributed by atoms with Gasteiger partial charge in [0.15, 0.2) is 5.69 Å². The van der Waals surface area contributed by atoms with Gasteiger partial charge >= 0.3 is 0 Å². The summed E-state index contributed by atoms with van der Waals surface area (Å²) in [5.41, 5.74) is 2.41. The van der Waals surface area contributed by atoms with Crippen molar-refractivity contribution >= 4 is 17.5 Å². The third kappa shape index (κ3) is 2.05. The molecule has 1 aromatic heterocycles. The Morgan fingerprint density at radius 1 is 1.19 bits per heavy atom. The second-order valence-electron chi connectivity index (χ2n) is 5.77. The second kappa shape index (κ2) is 4.88. The number of benzene rings is 1. The predicted octanol–water partition coefficient (Wildman–Crippen LogP) is 3.42. The third-order valence-corrected chi connectivity index (χ3v) is 4.78. The lowest BCUT2D eigenvalue weighted by atomic mass is 10.2. The average Bonchev–Trinajstić information content (AvgIpc) is 3.17. The monoisotopic (exact) mass is 301 g/mol. The van der Waals surface area contributed by atoms with Crippen LogP contribution in [-0.4, -0.2) is 26.6 Å². The standard InChI is InChI=1S/C16H16ClN3O/c17-13-7-3-4-8-14(13)20-10-11-9-19(12-5-1-2-6-12)16(21)15(11)18-20/h3-4,7-8,10,12H,1-2,5-6,9H2. The Hall–Kier alpha value is -1.81. The zero-order chi connectivity index (χ0) is 14.4. The molecule has 2 aromatic rings. The summed E-state index contributed by atoms with van der Waals surface area (Å²) in [7, 11) is 0. The van der Waals surface area contributed by atoms with Gasteiger partial charge in [-0.25, -0.2) is 4.68 Å². The molecular weight excluding hydrogens is 286 g/mol. The van der Waals surface area contributed by atoms with Crippen LogP contribution in [0, 0.1) is 0 Å². The predicted molar refractivity (Wildman–Crippen MR) is 80.7 cm³/mol. The van der Waals surface area contributed by atoms with E-state index in [1.54, 1.807) is 4.68 Å². The van der Waals surface area contributed by atoms with E-state index in [-0.39, 0.29) is 5.91 Å². The van der Waals surface area contributed by atoms with E-state index in [9.17, 15) is 4.79 Å². The van der Waals surface area contributed by atoms with Gasteiger partial charge in [0.1, 0.15) is 0 Å². The van der Waals surface area contributed by atoms with Crippen LogP contribution < -0.4 is 0 Å². The van der Waals surface area contributed by atoms with Crippen LogP contribution in [0.3, 0.4) is 0 Å². The lowest BCUT2D eigenvalue weighted by Gasteiger charge is -2.23. The SMILES string of the molecule is O=C1c2nn(-c3ccccc3Cl)cc2CN1C1CCCC1. The number of hydrogen-bond donors (Lipinski definition) is 0. The highest BCUT2D eigenvalue weighted by molar-refractivity contribution is 6.32. The molecule has 0 bridgehead atoms. The number of amides is 1. The van der Waals surface area contributed by atoms with E-state index >= 15 is 0 Å². The highest BCUT2D eigenvalue weighted by atomic mass is 35.5. The molecule has 0 atom stereocenters. The molecule has 1 amide bonds. The summed E-state index contributed by atoms with van der Waals surface area (Å²) < 4.78 is 1.72. The number of rotatable bonds is 2. The summed E-state index contributed by atoms with van der Waals surface area (Å²) in [6, 6.07) is 7.94. The minimum atomic E-state index is 0.0719. The summed E-state index contributed by atoms with van der Waals surface area (Å²) >= 11 is 6.19. The van der Waals surface area contributed by atoms with E-state index in [0.717, 1.165) is 24.1 Å². The number of halogens is 1. The van der Waals surface area contributed by atoms with Crippen LogP contribution in [0.25, 0.3) is 5.69 Å². The Kier molecular flexibility index (Phi) is 3.00. The number of hydrogen-bond acceptors (Lipinski definition) is 2. The van der Waals surface area contributed by atoms with Crippen molar-refractivity contribution in [3.63, 3.8) is 0 Å². The summed E-state index contributed by atoms with van der Waals surface area (Å²) in [5.74, 6) is 0.0719. The van der Waals surface area contributed by atoms with Gasteiger partial charge in [-0.3, -0.25) is 4.79 Å². The first-order valence-corrected chi connectivity index (χ1v) is 7.76. The number of fused-ring (bicyclic) bond motifs is 1. The van der Waals surface area contributed by atoms with Crippen molar-refractivity contribution in [3.05, 3.63) is 46.7 Å². The minimum Gasteiger partial charge on any atom is -0.330 e. The minimum absolute atomic E-state index is 0.0719. The van der Waals surface area contributed by atoms with E-state index in [4.69, 9.17) is 11.6 Å². The van der Waals surface area contributed by atoms with E-state index in [1.807, 2.05) is 35.4 Å². The van der Waals surface area contributed by atoms with Gasteiger partial charge in [-0.2, -0.15) is 5.10 Å². The van der Waals surface area contributed by atoms with Gasteiger partial charge in [0.05, 0.1) is 17.3 Å². The highest BCUT2D eigenvalue weighted by Crippen LogP contribution is 2.32. The number of carbonyl (C=O) groups excluding carboxylic acids is 1. The largest absolute Gasteiger partial charge is 0.330 e. The molecule has 0 N–H and O–H groups in total. The molecule has 5 heteroatoms. The Balaban J connectivity index is 1.65. The van der Waals surface area contributed by atoms with Crippen LogP contribution in [0.1, 0.15) is 41.7 Å². The van der Waals surface area contributed by atoms with E-state index in [0.29, 0.717) is 23.3 Å². The van der Waals surface area contributed by atoms with Crippen molar-refractivity contribution in [2.75, 3.05) is 0 Å². The van der Waals surface area contributed by atoms with Crippen molar-refractivity contribution in [1.29, 1.82) is 0 Å². The van der Waals surface area contributed by atoms with Gasteiger partial charge in [0, 0.05) is 17.8 Å². The lowest BCUT2D eigenvalue weighted by Crippen LogP contribution is -2.33. The third-order valence-electron chi connectivity index (χ3n) is 4.46. The zero-order valence-electron chi connectivity index (χ0n) is 11.6. The van der Waals surface area contributed by atoms with Crippen LogP contribution in [0.2, 0.25) is 5.02 Å². The molecule has 1 aromatic carbocycles. The van der Waals surface area contributed by atoms with Gasteiger partial charge in [0.25, 0.3) is 5.91 Å². The first kappa shape index (κ1) is 12.9. The second-order valence-corrected chi connectivity index (χ2v) is 6.18. The van der Waals surface area contributed by atoms with Crippen LogP contribution in [0.5, 0.6) is 0 Å². The van der Waals surface area contributed by atoms with E-state index in [1.165, 1.54) is 12.8 Å². The number of aromatic nitrogens is 2. The molecule has 1 fully saturated rings. The fraction of sp³-hybridized carbons (Fsp3) is 0.375. The molecular formula is C16H16ClN3O. The van der Waals surface area contributed by atoms with Gasteiger partial charge in [-0.05, 0) is 25.0 Å². The van der Waals surface area contributed by atoms with E-state index in [2.05, 4.69) is 5.10 Å². The van der Waals surface area contributed by atoms with Crippen molar-refractivity contribution in [3.8, 4) is 5.69 Å². The maximum atomic E-state index is 12.5. The number of nitrogens with zero attached hydrogens (tertiary/aromatic N) is 3. The normalized spacial score (nSPS) is 18.5. The molecule has 1 aliphatic carbocycles. The first-order chi connectivity index (χ1) is 10.2. The van der Waals surface area contributed by atoms with Crippen molar-refractivity contribution in [1.82, 2.24) is 14.7 Å². The van der Waals surface area contributed by atoms with Gasteiger partial charge in [-0.1, -0.05) is 36.6 Å². The zero-order valence-corrected chi connectivity index (χ0v) is 12.4. The maximum absolute atomic E-state index is 12.5. The van der Waals surface area contributed by atoms with E-state index < -0.39 is 0 Å². The molecule has 21 heavy (non-hydrogen) atoms. The smallest absolute Gasteiger partial charge is 0.275 e. The van der Waals surface area contributed by atoms with Crippen LogP contribution in [-0.2, 0) is 6.54 Å². The fourth-order valence-corrected chi connectivity index (χ4v) is 3.59. The summed E-state index contributed by atoms with van der Waals surface area (Å²) in [4.78, 5) is 14.5. The highest BCUT2D eigenvalue weighted by Gasteiger charge is 2.36. The number of para-hydroxylation sites is 1. The molecule has 2 aliphatic rings. The molecule has 108 valence electrons. The van der Waals surface area contributed by atoms with Gasteiger partial charge < -0.3 is 4.90 Å². The Morgan fingerprint density at radius 3 is 2.67 bits per heavy atom.